The average molecular weight is 223 g/mol. The van der Waals surface area contributed by atoms with Crippen LogP contribution in [0.5, 0.6) is 0 Å². The molecule has 0 aromatic heterocycles. The standard InChI is InChI=1S/C15H29N/c1-14(2)10-8-12-15(16(3)4)11-7-5-6-9-13(14)15/h13H,5-12H2,1-4H3. The number of rotatable bonds is 1. The molecule has 1 nitrogen and oxygen atoms in total. The van der Waals surface area contributed by atoms with Gasteiger partial charge in [0, 0.05) is 5.54 Å². The van der Waals surface area contributed by atoms with E-state index in [1.54, 1.807) is 0 Å². The largest absolute Gasteiger partial charge is 0.303 e. The van der Waals surface area contributed by atoms with E-state index in [4.69, 9.17) is 0 Å². The van der Waals surface area contributed by atoms with Gasteiger partial charge in [0.1, 0.15) is 0 Å². The van der Waals surface area contributed by atoms with Gasteiger partial charge in [-0.3, -0.25) is 0 Å². The van der Waals surface area contributed by atoms with Crippen LogP contribution in [0, 0.1) is 11.3 Å². The second kappa shape index (κ2) is 4.33. The lowest BCUT2D eigenvalue weighted by Gasteiger charge is -2.55. The highest BCUT2D eigenvalue weighted by molar-refractivity contribution is 5.04. The molecule has 2 aliphatic carbocycles. The second-order valence-corrected chi connectivity index (χ2v) is 6.99. The lowest BCUT2D eigenvalue weighted by molar-refractivity contribution is -0.0425. The van der Waals surface area contributed by atoms with Gasteiger partial charge in [-0.1, -0.05) is 39.5 Å². The Morgan fingerprint density at radius 1 is 0.875 bits per heavy atom. The first kappa shape index (κ1) is 12.4. The number of hydrogen-bond acceptors (Lipinski definition) is 1. The third kappa shape index (κ3) is 1.92. The maximum Gasteiger partial charge on any atom is 0.0236 e. The van der Waals surface area contributed by atoms with E-state index in [1.165, 1.54) is 51.4 Å². The third-order valence-corrected chi connectivity index (χ3v) is 5.52. The topological polar surface area (TPSA) is 3.24 Å². The second-order valence-electron chi connectivity index (χ2n) is 6.99. The van der Waals surface area contributed by atoms with E-state index in [1.807, 2.05) is 0 Å². The molecular formula is C15H29N. The van der Waals surface area contributed by atoms with E-state index >= 15 is 0 Å². The van der Waals surface area contributed by atoms with Crippen LogP contribution in [-0.2, 0) is 0 Å². The predicted molar refractivity (Wildman–Crippen MR) is 70.6 cm³/mol. The van der Waals surface area contributed by atoms with Crippen molar-refractivity contribution in [3.63, 3.8) is 0 Å². The summed E-state index contributed by atoms with van der Waals surface area (Å²) in [5.74, 6) is 0.922. The zero-order chi connectivity index (χ0) is 11.8. The molecule has 0 N–H and O–H groups in total. The maximum atomic E-state index is 2.57. The average Bonchev–Trinajstić information content (AvgIpc) is 2.41. The smallest absolute Gasteiger partial charge is 0.0236 e. The van der Waals surface area contributed by atoms with E-state index in [9.17, 15) is 0 Å². The van der Waals surface area contributed by atoms with Gasteiger partial charge < -0.3 is 4.90 Å². The van der Waals surface area contributed by atoms with Crippen LogP contribution in [0.1, 0.15) is 65.2 Å². The zero-order valence-corrected chi connectivity index (χ0v) is 11.7. The fourth-order valence-electron chi connectivity index (χ4n) is 4.60. The minimum absolute atomic E-state index is 0.526. The fraction of sp³-hybridized carbons (Fsp3) is 1.00. The summed E-state index contributed by atoms with van der Waals surface area (Å²) in [6.07, 6.45) is 11.6. The molecule has 0 aliphatic heterocycles. The molecule has 0 amide bonds. The molecule has 0 aromatic rings. The maximum absolute atomic E-state index is 2.57. The Bertz CT molecular complexity index is 244. The van der Waals surface area contributed by atoms with E-state index in [-0.39, 0.29) is 0 Å². The van der Waals surface area contributed by atoms with E-state index in [0.717, 1.165) is 5.92 Å². The van der Waals surface area contributed by atoms with Gasteiger partial charge in [0.15, 0.2) is 0 Å². The third-order valence-electron chi connectivity index (χ3n) is 5.52. The van der Waals surface area contributed by atoms with Gasteiger partial charge in [-0.2, -0.15) is 0 Å². The molecular weight excluding hydrogens is 194 g/mol. The first-order chi connectivity index (χ1) is 7.49. The lowest BCUT2D eigenvalue weighted by atomic mass is 9.57. The molecule has 0 saturated heterocycles. The molecule has 2 atom stereocenters. The van der Waals surface area contributed by atoms with Crippen molar-refractivity contribution >= 4 is 0 Å². The lowest BCUT2D eigenvalue weighted by Crippen LogP contribution is -2.56. The van der Waals surface area contributed by atoms with Crippen LogP contribution >= 0.6 is 0 Å². The number of nitrogens with zero attached hydrogens (tertiary/aromatic N) is 1. The summed E-state index contributed by atoms with van der Waals surface area (Å²) < 4.78 is 0. The molecule has 2 aliphatic rings. The normalized spacial score (nSPS) is 39.2. The molecule has 0 spiro atoms. The molecule has 94 valence electrons. The highest BCUT2D eigenvalue weighted by Gasteiger charge is 2.50. The minimum Gasteiger partial charge on any atom is -0.303 e. The van der Waals surface area contributed by atoms with Crippen LogP contribution in [0.2, 0.25) is 0 Å². The van der Waals surface area contributed by atoms with Gasteiger partial charge >= 0.3 is 0 Å². The minimum atomic E-state index is 0.526. The summed E-state index contributed by atoms with van der Waals surface area (Å²) in [6.45, 7) is 5.03. The van der Waals surface area contributed by atoms with Crippen molar-refractivity contribution in [2.45, 2.75) is 70.8 Å². The van der Waals surface area contributed by atoms with Gasteiger partial charge in [0.25, 0.3) is 0 Å². The summed E-state index contributed by atoms with van der Waals surface area (Å²) in [7, 11) is 4.64. The monoisotopic (exact) mass is 223 g/mol. The van der Waals surface area contributed by atoms with Gasteiger partial charge in [-0.25, -0.2) is 0 Å². The van der Waals surface area contributed by atoms with E-state index in [0.29, 0.717) is 11.0 Å². The van der Waals surface area contributed by atoms with Crippen LogP contribution in [-0.4, -0.2) is 24.5 Å². The van der Waals surface area contributed by atoms with Gasteiger partial charge in [-0.15, -0.1) is 0 Å². The van der Waals surface area contributed by atoms with Crippen LogP contribution in [0.15, 0.2) is 0 Å². The zero-order valence-electron chi connectivity index (χ0n) is 11.7. The van der Waals surface area contributed by atoms with Crippen LogP contribution < -0.4 is 0 Å². The Kier molecular flexibility index (Phi) is 3.36. The summed E-state index contributed by atoms with van der Waals surface area (Å²) in [5, 5.41) is 0. The van der Waals surface area contributed by atoms with Crippen molar-refractivity contribution in [3.05, 3.63) is 0 Å². The quantitative estimate of drug-likeness (QED) is 0.647. The molecule has 2 saturated carbocycles. The highest BCUT2D eigenvalue weighted by Crippen LogP contribution is 2.53. The van der Waals surface area contributed by atoms with E-state index in [2.05, 4.69) is 32.8 Å². The highest BCUT2D eigenvalue weighted by atomic mass is 15.2. The Hall–Kier alpha value is -0.0400. The number of fused-ring (bicyclic) bond motifs is 1. The van der Waals surface area contributed by atoms with Gasteiger partial charge in [0.2, 0.25) is 0 Å². The van der Waals surface area contributed by atoms with Crippen LogP contribution in [0.25, 0.3) is 0 Å². The van der Waals surface area contributed by atoms with E-state index < -0.39 is 0 Å². The van der Waals surface area contributed by atoms with Crippen molar-refractivity contribution in [3.8, 4) is 0 Å². The van der Waals surface area contributed by atoms with Gasteiger partial charge in [0.05, 0.1) is 0 Å². The van der Waals surface area contributed by atoms with Crippen molar-refractivity contribution in [1.29, 1.82) is 0 Å². The molecule has 2 rings (SSSR count). The molecule has 2 fully saturated rings. The summed E-state index contributed by atoms with van der Waals surface area (Å²) in [5.41, 5.74) is 1.09. The fourth-order valence-corrected chi connectivity index (χ4v) is 4.60. The van der Waals surface area contributed by atoms with Crippen LogP contribution in [0.3, 0.4) is 0 Å². The molecule has 0 heterocycles. The Labute approximate surface area is 102 Å². The SMILES string of the molecule is CN(C)C12CCCCCC1C(C)(C)CCC2. The van der Waals surface area contributed by atoms with Gasteiger partial charge in [-0.05, 0) is 51.1 Å². The number of hydrogen-bond donors (Lipinski definition) is 0. The van der Waals surface area contributed by atoms with Crippen molar-refractivity contribution in [2.24, 2.45) is 11.3 Å². The molecule has 2 unspecified atom stereocenters. The summed E-state index contributed by atoms with van der Waals surface area (Å²) >= 11 is 0. The van der Waals surface area contributed by atoms with Crippen molar-refractivity contribution in [1.82, 2.24) is 4.90 Å². The van der Waals surface area contributed by atoms with Crippen LogP contribution in [0.4, 0.5) is 0 Å². The summed E-state index contributed by atoms with van der Waals surface area (Å²) in [6, 6.07) is 0. The Balaban J connectivity index is 2.32. The summed E-state index contributed by atoms with van der Waals surface area (Å²) in [4.78, 5) is 2.57. The molecule has 0 aromatic carbocycles. The predicted octanol–water partition coefficient (Wildman–Crippen LogP) is 4.08. The first-order valence-electron chi connectivity index (χ1n) is 7.16. The molecule has 16 heavy (non-hydrogen) atoms. The van der Waals surface area contributed by atoms with Crippen molar-refractivity contribution in [2.75, 3.05) is 14.1 Å². The molecule has 1 heteroatoms. The molecule has 0 radical (unpaired) electrons. The van der Waals surface area contributed by atoms with Crippen molar-refractivity contribution < 1.29 is 0 Å². The Morgan fingerprint density at radius 3 is 2.25 bits per heavy atom. The molecule has 0 bridgehead atoms. The Morgan fingerprint density at radius 2 is 1.56 bits per heavy atom. The first-order valence-corrected chi connectivity index (χ1v) is 7.16.